The molecule has 0 bridgehead atoms. The average Bonchev–Trinajstić information content (AvgIpc) is 2.10. The van der Waals surface area contributed by atoms with Crippen molar-refractivity contribution in [2.24, 2.45) is 0 Å². The zero-order valence-corrected chi connectivity index (χ0v) is 11.9. The maximum atomic E-state index is 10.5. The first-order valence-corrected chi connectivity index (χ1v) is 4.74. The molecule has 0 saturated carbocycles. The second-order valence-corrected chi connectivity index (χ2v) is 3.05. The van der Waals surface area contributed by atoms with Crippen LogP contribution in [0.3, 0.4) is 0 Å². The smallest absolute Gasteiger partial charge is 1.00 e. The van der Waals surface area contributed by atoms with E-state index in [-0.39, 0.29) is 58.7 Å². The number of hydroxylamine groups is 1. The van der Waals surface area contributed by atoms with E-state index in [9.17, 15) is 4.79 Å². The quantitative estimate of drug-likeness (QED) is 0.256. The van der Waals surface area contributed by atoms with Crippen molar-refractivity contribution >= 4 is 5.91 Å². The zero-order valence-electron chi connectivity index (χ0n) is 9.81. The van der Waals surface area contributed by atoms with Gasteiger partial charge in [0.1, 0.15) is 0 Å². The van der Waals surface area contributed by atoms with E-state index in [0.29, 0.717) is 6.42 Å². The van der Waals surface area contributed by atoms with Gasteiger partial charge in [-0.2, -0.15) is 0 Å². The standard InChI is InChI=1S/C9H19NO2.K.H/c1-2-3-4-5-6-7-8-9(11)10-12;;/h12H,2-8H2,1H3,(H,10,11);;/q;+1;-1. The number of hydrogen-bond donors (Lipinski definition) is 2. The summed E-state index contributed by atoms with van der Waals surface area (Å²) in [5.74, 6) is -0.273. The molecule has 0 saturated heterocycles. The molecule has 0 radical (unpaired) electrons. The van der Waals surface area contributed by atoms with Crippen LogP contribution in [0.2, 0.25) is 0 Å². The van der Waals surface area contributed by atoms with Gasteiger partial charge in [-0.25, -0.2) is 5.48 Å². The Kier molecular flexibility index (Phi) is 16.6. The van der Waals surface area contributed by atoms with Gasteiger partial charge in [0.25, 0.3) is 0 Å². The van der Waals surface area contributed by atoms with Crippen molar-refractivity contribution in [1.29, 1.82) is 0 Å². The third kappa shape index (κ3) is 13.1. The van der Waals surface area contributed by atoms with Crippen LogP contribution in [0.15, 0.2) is 0 Å². The van der Waals surface area contributed by atoms with Crippen molar-refractivity contribution in [2.45, 2.75) is 51.9 Å². The molecule has 0 heterocycles. The van der Waals surface area contributed by atoms with Crippen molar-refractivity contribution in [1.82, 2.24) is 5.48 Å². The number of unbranched alkanes of at least 4 members (excludes halogenated alkanes) is 5. The summed E-state index contributed by atoms with van der Waals surface area (Å²) < 4.78 is 0. The zero-order chi connectivity index (χ0) is 9.23. The van der Waals surface area contributed by atoms with E-state index in [1.165, 1.54) is 25.7 Å². The molecule has 0 spiro atoms. The molecule has 4 heteroatoms. The molecule has 74 valence electrons. The minimum absolute atomic E-state index is 0. The molecule has 13 heavy (non-hydrogen) atoms. The largest absolute Gasteiger partial charge is 1.00 e. The molecule has 0 unspecified atom stereocenters. The van der Waals surface area contributed by atoms with Gasteiger partial charge in [-0.15, -0.1) is 0 Å². The Morgan fingerprint density at radius 2 is 1.77 bits per heavy atom. The Morgan fingerprint density at radius 3 is 2.31 bits per heavy atom. The van der Waals surface area contributed by atoms with Gasteiger partial charge in [0, 0.05) is 6.42 Å². The normalized spacial score (nSPS) is 9.08. The number of carbonyl (C=O) groups excluding carboxylic acids is 1. The van der Waals surface area contributed by atoms with Gasteiger partial charge >= 0.3 is 51.4 Å². The van der Waals surface area contributed by atoms with Gasteiger partial charge in [-0.3, -0.25) is 10.0 Å². The molecule has 2 N–H and O–H groups in total. The van der Waals surface area contributed by atoms with Crippen LogP contribution in [0.4, 0.5) is 0 Å². The Balaban J connectivity index is -0.000000605. The Labute approximate surface area is 125 Å². The molecular weight excluding hydrogens is 193 g/mol. The van der Waals surface area contributed by atoms with Gasteiger partial charge in [0.2, 0.25) is 5.91 Å². The number of amides is 1. The summed E-state index contributed by atoms with van der Waals surface area (Å²) in [4.78, 5) is 10.5. The Bertz CT molecular complexity index is 125. The van der Waals surface area contributed by atoms with Crippen LogP contribution in [0.25, 0.3) is 0 Å². The summed E-state index contributed by atoms with van der Waals surface area (Å²) in [5, 5.41) is 8.18. The topological polar surface area (TPSA) is 49.3 Å². The summed E-state index contributed by atoms with van der Waals surface area (Å²) in [6.07, 6.45) is 7.42. The maximum absolute atomic E-state index is 10.5. The minimum Gasteiger partial charge on any atom is -1.00 e. The molecule has 0 fully saturated rings. The van der Waals surface area contributed by atoms with Gasteiger partial charge in [-0.1, -0.05) is 39.0 Å². The first kappa shape index (κ1) is 16.5. The molecule has 3 nitrogen and oxygen atoms in total. The summed E-state index contributed by atoms with van der Waals surface area (Å²) in [7, 11) is 0. The first-order chi connectivity index (χ1) is 5.81. The third-order valence-electron chi connectivity index (χ3n) is 1.88. The molecule has 0 rings (SSSR count). The second-order valence-electron chi connectivity index (χ2n) is 3.05. The molecule has 0 atom stereocenters. The number of carbonyl (C=O) groups is 1. The fourth-order valence-corrected chi connectivity index (χ4v) is 1.12. The molecule has 1 amide bonds. The SMILES string of the molecule is CCCCCCCCC(=O)NO.[H-].[K+]. The van der Waals surface area contributed by atoms with Crippen LogP contribution in [-0.4, -0.2) is 11.1 Å². The predicted molar refractivity (Wildman–Crippen MR) is 49.0 cm³/mol. The van der Waals surface area contributed by atoms with E-state index in [0.717, 1.165) is 12.8 Å². The van der Waals surface area contributed by atoms with E-state index in [2.05, 4.69) is 6.92 Å². The second kappa shape index (κ2) is 13.1. The fourth-order valence-electron chi connectivity index (χ4n) is 1.12. The van der Waals surface area contributed by atoms with Crippen LogP contribution < -0.4 is 56.9 Å². The van der Waals surface area contributed by atoms with E-state index < -0.39 is 0 Å². The van der Waals surface area contributed by atoms with E-state index in [1.54, 1.807) is 5.48 Å². The van der Waals surface area contributed by atoms with Crippen molar-refractivity contribution in [3.63, 3.8) is 0 Å². The molecule has 0 aliphatic heterocycles. The summed E-state index contributed by atoms with van der Waals surface area (Å²) >= 11 is 0. The third-order valence-corrected chi connectivity index (χ3v) is 1.88. The summed E-state index contributed by atoms with van der Waals surface area (Å²) in [5.41, 5.74) is 1.63. The number of hydrogen-bond acceptors (Lipinski definition) is 2. The van der Waals surface area contributed by atoms with Crippen LogP contribution >= 0.6 is 0 Å². The van der Waals surface area contributed by atoms with Crippen molar-refractivity contribution in [3.8, 4) is 0 Å². The fraction of sp³-hybridized carbons (Fsp3) is 0.889. The summed E-state index contributed by atoms with van der Waals surface area (Å²) in [6.45, 7) is 2.18. The van der Waals surface area contributed by atoms with Crippen LogP contribution in [-0.2, 0) is 4.79 Å². The maximum Gasteiger partial charge on any atom is 1.00 e. The van der Waals surface area contributed by atoms with Gasteiger partial charge < -0.3 is 1.43 Å². The Morgan fingerprint density at radius 1 is 1.23 bits per heavy atom. The monoisotopic (exact) mass is 213 g/mol. The Hall–Kier alpha value is 1.07. The number of rotatable bonds is 7. The van der Waals surface area contributed by atoms with Gasteiger partial charge in [0.05, 0.1) is 0 Å². The van der Waals surface area contributed by atoms with Gasteiger partial charge in [0.15, 0.2) is 0 Å². The van der Waals surface area contributed by atoms with Crippen LogP contribution in [0.1, 0.15) is 53.3 Å². The van der Waals surface area contributed by atoms with Gasteiger partial charge in [-0.05, 0) is 6.42 Å². The summed E-state index contributed by atoms with van der Waals surface area (Å²) in [6, 6.07) is 0. The molecule has 0 aliphatic carbocycles. The van der Waals surface area contributed by atoms with E-state index in [4.69, 9.17) is 5.21 Å². The van der Waals surface area contributed by atoms with E-state index in [1.807, 2.05) is 0 Å². The van der Waals surface area contributed by atoms with Crippen LogP contribution in [0.5, 0.6) is 0 Å². The molecule has 0 aromatic heterocycles. The average molecular weight is 213 g/mol. The van der Waals surface area contributed by atoms with E-state index >= 15 is 0 Å². The molecule has 0 aliphatic rings. The minimum atomic E-state index is -0.273. The molecule has 0 aromatic rings. The van der Waals surface area contributed by atoms with Crippen molar-refractivity contribution < 1.29 is 62.8 Å². The predicted octanol–water partition coefficient (Wildman–Crippen LogP) is -0.641. The first-order valence-electron chi connectivity index (χ1n) is 4.74. The van der Waals surface area contributed by atoms with Crippen LogP contribution in [0, 0.1) is 0 Å². The molecule has 0 aromatic carbocycles. The molecular formula is C9H20KNO2. The van der Waals surface area contributed by atoms with Crippen molar-refractivity contribution in [2.75, 3.05) is 0 Å². The number of nitrogens with one attached hydrogen (secondary N) is 1. The van der Waals surface area contributed by atoms with Crippen molar-refractivity contribution in [3.05, 3.63) is 0 Å².